The van der Waals surface area contributed by atoms with Crippen LogP contribution in [-0.4, -0.2) is 23.9 Å². The zero-order chi connectivity index (χ0) is 5.61. The van der Waals surface area contributed by atoms with Crippen LogP contribution in [0.25, 0.3) is 0 Å². The Morgan fingerprint density at radius 1 is 1.38 bits per heavy atom. The summed E-state index contributed by atoms with van der Waals surface area (Å²) in [6.07, 6.45) is 2.00. The second kappa shape index (κ2) is 1.25. The molecule has 0 bridgehead atoms. The van der Waals surface area contributed by atoms with E-state index in [9.17, 15) is 5.11 Å². The molecule has 2 fully saturated rings. The normalized spacial score (nSPS) is 34.1. The van der Waals surface area contributed by atoms with Gasteiger partial charge >= 0.3 is 0 Å². The molecular weight excluding hydrogens is 104 g/mol. The van der Waals surface area contributed by atoms with Gasteiger partial charge in [0, 0.05) is 5.92 Å². The Morgan fingerprint density at radius 3 is 2.12 bits per heavy atom. The van der Waals surface area contributed by atoms with E-state index in [0.717, 1.165) is 26.1 Å². The van der Waals surface area contributed by atoms with Crippen molar-refractivity contribution >= 4 is 0 Å². The summed E-state index contributed by atoms with van der Waals surface area (Å²) < 4.78 is 4.94. The highest BCUT2D eigenvalue weighted by atomic mass is 16.5. The average Bonchev–Trinajstić information content (AvgIpc) is 2.12. The highest BCUT2D eigenvalue weighted by Gasteiger charge is 2.50. The Balaban J connectivity index is 1.95. The number of rotatable bonds is 1. The average molecular weight is 114 g/mol. The highest BCUT2D eigenvalue weighted by molar-refractivity contribution is 5.01. The largest absolute Gasteiger partial charge is 0.389 e. The molecule has 0 aromatic carbocycles. The Labute approximate surface area is 48.5 Å². The van der Waals surface area contributed by atoms with E-state index in [0.29, 0.717) is 5.92 Å². The van der Waals surface area contributed by atoms with E-state index in [2.05, 4.69) is 0 Å². The lowest BCUT2D eigenvalue weighted by atomic mass is 9.99. The van der Waals surface area contributed by atoms with Crippen molar-refractivity contribution in [2.45, 2.75) is 18.4 Å². The van der Waals surface area contributed by atoms with E-state index in [1.54, 1.807) is 0 Å². The third-order valence-corrected chi connectivity index (χ3v) is 2.16. The second-order valence-corrected chi connectivity index (χ2v) is 2.84. The van der Waals surface area contributed by atoms with Crippen molar-refractivity contribution in [1.29, 1.82) is 0 Å². The van der Waals surface area contributed by atoms with Gasteiger partial charge in [0.1, 0.15) is 0 Å². The van der Waals surface area contributed by atoms with E-state index in [-0.39, 0.29) is 5.60 Å². The third kappa shape index (κ3) is 0.501. The summed E-state index contributed by atoms with van der Waals surface area (Å²) in [6.45, 7) is 1.58. The van der Waals surface area contributed by atoms with E-state index in [4.69, 9.17) is 4.74 Å². The lowest BCUT2D eigenvalue weighted by Gasteiger charge is -2.30. The molecule has 0 atom stereocenters. The van der Waals surface area contributed by atoms with Crippen LogP contribution in [0.15, 0.2) is 0 Å². The monoisotopic (exact) mass is 114 g/mol. The molecule has 2 heteroatoms. The summed E-state index contributed by atoms with van der Waals surface area (Å²) in [5.74, 6) is 0.475. The van der Waals surface area contributed by atoms with Crippen molar-refractivity contribution < 1.29 is 9.84 Å². The molecular formula is C6H10O2. The molecule has 1 heterocycles. The number of aliphatic hydroxyl groups is 1. The predicted octanol–water partition coefficient (Wildman–Crippen LogP) is 0.158. The molecule has 1 aliphatic heterocycles. The Bertz CT molecular complexity index is 103. The van der Waals surface area contributed by atoms with Gasteiger partial charge in [-0.25, -0.2) is 0 Å². The van der Waals surface area contributed by atoms with Crippen LogP contribution in [0.1, 0.15) is 12.8 Å². The minimum Gasteiger partial charge on any atom is -0.389 e. The Morgan fingerprint density at radius 2 is 2.00 bits per heavy atom. The first-order chi connectivity index (χ1) is 3.81. The Kier molecular flexibility index (Phi) is 0.746. The molecule has 1 saturated heterocycles. The first kappa shape index (κ1) is 4.77. The highest BCUT2D eigenvalue weighted by Crippen LogP contribution is 2.44. The van der Waals surface area contributed by atoms with Gasteiger partial charge in [0.2, 0.25) is 0 Å². The van der Waals surface area contributed by atoms with Gasteiger partial charge in [0.15, 0.2) is 0 Å². The molecule has 2 aliphatic rings. The molecule has 0 aromatic rings. The van der Waals surface area contributed by atoms with Gasteiger partial charge < -0.3 is 9.84 Å². The molecule has 0 radical (unpaired) electrons. The van der Waals surface area contributed by atoms with Gasteiger partial charge in [-0.2, -0.15) is 0 Å². The van der Waals surface area contributed by atoms with Gasteiger partial charge in [-0.1, -0.05) is 0 Å². The lowest BCUT2D eigenvalue weighted by Crippen LogP contribution is -2.39. The molecule has 8 heavy (non-hydrogen) atoms. The van der Waals surface area contributed by atoms with Crippen LogP contribution >= 0.6 is 0 Å². The quantitative estimate of drug-likeness (QED) is 0.526. The summed E-state index contributed by atoms with van der Waals surface area (Å²) in [5, 5.41) is 9.37. The van der Waals surface area contributed by atoms with Crippen molar-refractivity contribution in [2.75, 3.05) is 13.2 Å². The summed E-state index contributed by atoms with van der Waals surface area (Å²) >= 11 is 0. The molecule has 0 amide bonds. The number of hydrogen-bond acceptors (Lipinski definition) is 2. The fourth-order valence-electron chi connectivity index (χ4n) is 1.08. The Hall–Kier alpha value is -0.0800. The topological polar surface area (TPSA) is 29.5 Å². The zero-order valence-electron chi connectivity index (χ0n) is 4.76. The fraction of sp³-hybridized carbons (Fsp3) is 1.00. The molecule has 2 rings (SSSR count). The van der Waals surface area contributed by atoms with Crippen LogP contribution in [-0.2, 0) is 4.74 Å². The van der Waals surface area contributed by atoms with Gasteiger partial charge in [0.05, 0.1) is 18.8 Å². The minimum absolute atomic E-state index is 0.280. The first-order valence-corrected chi connectivity index (χ1v) is 3.11. The fourth-order valence-corrected chi connectivity index (χ4v) is 1.08. The number of hydrogen-bond donors (Lipinski definition) is 1. The van der Waals surface area contributed by atoms with Crippen LogP contribution in [0.2, 0.25) is 0 Å². The summed E-state index contributed by atoms with van der Waals surface area (Å²) in [7, 11) is 0. The van der Waals surface area contributed by atoms with E-state index >= 15 is 0 Å². The van der Waals surface area contributed by atoms with Crippen LogP contribution < -0.4 is 0 Å². The van der Waals surface area contributed by atoms with Crippen LogP contribution in [0.3, 0.4) is 0 Å². The van der Waals surface area contributed by atoms with Crippen molar-refractivity contribution in [2.24, 2.45) is 5.92 Å². The molecule has 1 aliphatic carbocycles. The van der Waals surface area contributed by atoms with E-state index < -0.39 is 0 Å². The van der Waals surface area contributed by atoms with Crippen LogP contribution in [0, 0.1) is 5.92 Å². The van der Waals surface area contributed by atoms with Gasteiger partial charge in [-0.05, 0) is 12.8 Å². The van der Waals surface area contributed by atoms with E-state index in [1.165, 1.54) is 0 Å². The summed E-state index contributed by atoms with van der Waals surface area (Å²) in [4.78, 5) is 0. The molecule has 2 nitrogen and oxygen atoms in total. The van der Waals surface area contributed by atoms with Crippen LogP contribution in [0.5, 0.6) is 0 Å². The standard InChI is InChI=1S/C6H10O2/c7-6(1-2-6)5-3-8-4-5/h5,7H,1-4H2. The molecule has 1 saturated carbocycles. The first-order valence-electron chi connectivity index (χ1n) is 3.11. The molecule has 0 aromatic heterocycles. The van der Waals surface area contributed by atoms with Crippen LogP contribution in [0.4, 0.5) is 0 Å². The minimum atomic E-state index is -0.280. The van der Waals surface area contributed by atoms with Gasteiger partial charge in [-0.15, -0.1) is 0 Å². The maximum absolute atomic E-state index is 9.37. The molecule has 0 spiro atoms. The molecule has 1 N–H and O–H groups in total. The number of ether oxygens (including phenoxy) is 1. The third-order valence-electron chi connectivity index (χ3n) is 2.16. The predicted molar refractivity (Wildman–Crippen MR) is 28.5 cm³/mol. The SMILES string of the molecule is OC1(C2COC2)CC1. The van der Waals surface area contributed by atoms with Crippen molar-refractivity contribution in [3.05, 3.63) is 0 Å². The molecule has 0 unspecified atom stereocenters. The van der Waals surface area contributed by atoms with Crippen molar-refractivity contribution in [3.8, 4) is 0 Å². The molecule has 46 valence electrons. The maximum Gasteiger partial charge on any atom is 0.0722 e. The second-order valence-electron chi connectivity index (χ2n) is 2.84. The zero-order valence-corrected chi connectivity index (χ0v) is 4.76. The van der Waals surface area contributed by atoms with Crippen molar-refractivity contribution in [1.82, 2.24) is 0 Å². The van der Waals surface area contributed by atoms with E-state index in [1.807, 2.05) is 0 Å². The van der Waals surface area contributed by atoms with Crippen molar-refractivity contribution in [3.63, 3.8) is 0 Å². The maximum atomic E-state index is 9.37. The summed E-state index contributed by atoms with van der Waals surface area (Å²) in [6, 6.07) is 0. The van der Waals surface area contributed by atoms with Gasteiger partial charge in [0.25, 0.3) is 0 Å². The smallest absolute Gasteiger partial charge is 0.0722 e. The summed E-state index contributed by atoms with van der Waals surface area (Å²) in [5.41, 5.74) is -0.280. The lowest BCUT2D eigenvalue weighted by molar-refractivity contribution is -0.102. The van der Waals surface area contributed by atoms with Gasteiger partial charge in [-0.3, -0.25) is 0 Å².